The molecule has 1 amide bonds. The molecular formula is C11H20N4O2S. The zero-order valence-corrected chi connectivity index (χ0v) is 11.8. The summed E-state index contributed by atoms with van der Waals surface area (Å²) < 4.78 is 5.33. The summed E-state index contributed by atoms with van der Waals surface area (Å²) >= 11 is 1.26. The summed E-state index contributed by atoms with van der Waals surface area (Å²) in [7, 11) is 0. The SMILES string of the molecule is CCNc1nc(N)c(C(=O)NCCOC(C)C)s1. The van der Waals surface area contributed by atoms with Crippen LogP contribution in [0.2, 0.25) is 0 Å². The van der Waals surface area contributed by atoms with Gasteiger partial charge in [-0.1, -0.05) is 11.3 Å². The molecule has 1 aromatic rings. The second-order valence-corrected chi connectivity index (χ2v) is 4.94. The summed E-state index contributed by atoms with van der Waals surface area (Å²) in [5.74, 6) is 0.0553. The van der Waals surface area contributed by atoms with Crippen LogP contribution in [0.3, 0.4) is 0 Å². The lowest BCUT2D eigenvalue weighted by Crippen LogP contribution is -2.28. The molecule has 0 aliphatic heterocycles. The third-order valence-electron chi connectivity index (χ3n) is 2.03. The fourth-order valence-corrected chi connectivity index (χ4v) is 2.13. The minimum absolute atomic E-state index is 0.163. The molecular weight excluding hydrogens is 252 g/mol. The molecule has 0 saturated heterocycles. The van der Waals surface area contributed by atoms with Crippen molar-refractivity contribution in [2.45, 2.75) is 26.9 Å². The number of nitrogens with one attached hydrogen (secondary N) is 2. The van der Waals surface area contributed by atoms with Gasteiger partial charge in [-0.05, 0) is 20.8 Å². The molecule has 6 nitrogen and oxygen atoms in total. The van der Waals surface area contributed by atoms with Gasteiger partial charge in [0.05, 0.1) is 12.7 Å². The predicted molar refractivity (Wildman–Crippen MR) is 74.1 cm³/mol. The molecule has 102 valence electrons. The van der Waals surface area contributed by atoms with E-state index in [0.717, 1.165) is 6.54 Å². The molecule has 0 atom stereocenters. The molecule has 0 radical (unpaired) electrons. The van der Waals surface area contributed by atoms with Gasteiger partial charge in [-0.25, -0.2) is 4.98 Å². The second kappa shape index (κ2) is 7.17. The molecule has 7 heteroatoms. The Balaban J connectivity index is 2.45. The smallest absolute Gasteiger partial charge is 0.265 e. The summed E-state index contributed by atoms with van der Waals surface area (Å²) in [5, 5.41) is 6.44. The Morgan fingerprint density at radius 1 is 1.56 bits per heavy atom. The van der Waals surface area contributed by atoms with Gasteiger partial charge in [-0.3, -0.25) is 4.79 Å². The Morgan fingerprint density at radius 2 is 2.28 bits per heavy atom. The molecule has 18 heavy (non-hydrogen) atoms. The van der Waals surface area contributed by atoms with E-state index in [1.54, 1.807) is 0 Å². The third kappa shape index (κ3) is 4.50. The molecule has 0 aromatic carbocycles. The topological polar surface area (TPSA) is 89.3 Å². The number of ether oxygens (including phenoxy) is 1. The summed E-state index contributed by atoms with van der Waals surface area (Å²) in [6.45, 7) is 7.56. The van der Waals surface area contributed by atoms with Gasteiger partial charge in [-0.15, -0.1) is 0 Å². The highest BCUT2D eigenvalue weighted by Gasteiger charge is 2.15. The van der Waals surface area contributed by atoms with Gasteiger partial charge in [-0.2, -0.15) is 0 Å². The number of carbonyl (C=O) groups is 1. The minimum Gasteiger partial charge on any atom is -0.382 e. The molecule has 0 fully saturated rings. The van der Waals surface area contributed by atoms with Gasteiger partial charge in [0.15, 0.2) is 5.13 Å². The van der Waals surface area contributed by atoms with E-state index in [4.69, 9.17) is 10.5 Å². The number of rotatable bonds is 7. The average molecular weight is 272 g/mol. The van der Waals surface area contributed by atoms with Crippen molar-refractivity contribution in [2.75, 3.05) is 30.7 Å². The number of nitrogens with two attached hydrogens (primary N) is 1. The zero-order valence-electron chi connectivity index (χ0n) is 10.9. The van der Waals surface area contributed by atoms with Crippen molar-refractivity contribution in [1.82, 2.24) is 10.3 Å². The van der Waals surface area contributed by atoms with Crippen LogP contribution in [0.4, 0.5) is 10.9 Å². The van der Waals surface area contributed by atoms with Gasteiger partial charge in [0.25, 0.3) is 5.91 Å². The van der Waals surface area contributed by atoms with Crippen molar-refractivity contribution in [1.29, 1.82) is 0 Å². The molecule has 0 saturated carbocycles. The van der Waals surface area contributed by atoms with Crippen molar-refractivity contribution in [3.05, 3.63) is 4.88 Å². The quantitative estimate of drug-likeness (QED) is 0.651. The lowest BCUT2D eigenvalue weighted by molar-refractivity contribution is 0.0748. The molecule has 0 aliphatic carbocycles. The first-order chi connectivity index (χ1) is 8.54. The number of anilines is 2. The number of thiazole rings is 1. The van der Waals surface area contributed by atoms with Crippen LogP contribution in [-0.2, 0) is 4.74 Å². The first kappa shape index (κ1) is 14.7. The van der Waals surface area contributed by atoms with Crippen LogP contribution in [0.15, 0.2) is 0 Å². The third-order valence-corrected chi connectivity index (χ3v) is 3.05. The molecule has 0 bridgehead atoms. The molecule has 0 unspecified atom stereocenters. The van der Waals surface area contributed by atoms with Crippen LogP contribution >= 0.6 is 11.3 Å². The molecule has 0 aliphatic rings. The average Bonchev–Trinajstić information content (AvgIpc) is 2.66. The molecule has 1 aromatic heterocycles. The van der Waals surface area contributed by atoms with Crippen LogP contribution < -0.4 is 16.4 Å². The van der Waals surface area contributed by atoms with Gasteiger partial charge in [0.2, 0.25) is 0 Å². The Bertz CT molecular complexity index is 392. The van der Waals surface area contributed by atoms with E-state index in [0.29, 0.717) is 23.2 Å². The maximum absolute atomic E-state index is 11.8. The predicted octanol–water partition coefficient (Wildman–Crippen LogP) is 1.31. The lowest BCUT2D eigenvalue weighted by Gasteiger charge is -2.07. The number of nitrogens with zero attached hydrogens (tertiary/aromatic N) is 1. The Morgan fingerprint density at radius 3 is 2.89 bits per heavy atom. The summed E-state index contributed by atoms with van der Waals surface area (Å²) in [6.07, 6.45) is 0.163. The zero-order chi connectivity index (χ0) is 13.5. The van der Waals surface area contributed by atoms with Gasteiger partial charge in [0.1, 0.15) is 10.7 Å². The number of hydrogen-bond acceptors (Lipinski definition) is 6. The number of amides is 1. The normalized spacial score (nSPS) is 10.7. The maximum atomic E-state index is 11.8. The van der Waals surface area contributed by atoms with E-state index in [1.807, 2.05) is 20.8 Å². The van der Waals surface area contributed by atoms with E-state index >= 15 is 0 Å². The first-order valence-electron chi connectivity index (χ1n) is 5.94. The van der Waals surface area contributed by atoms with Crippen molar-refractivity contribution in [2.24, 2.45) is 0 Å². The number of nitrogen functional groups attached to an aromatic ring is 1. The number of carbonyl (C=O) groups excluding carboxylic acids is 1. The number of hydrogen-bond donors (Lipinski definition) is 3. The van der Waals surface area contributed by atoms with E-state index in [1.165, 1.54) is 11.3 Å². The van der Waals surface area contributed by atoms with Crippen LogP contribution in [0.5, 0.6) is 0 Å². The van der Waals surface area contributed by atoms with Gasteiger partial charge in [0, 0.05) is 13.1 Å². The fourth-order valence-electron chi connectivity index (χ4n) is 1.26. The van der Waals surface area contributed by atoms with E-state index in [9.17, 15) is 4.79 Å². The van der Waals surface area contributed by atoms with Crippen LogP contribution in [0.1, 0.15) is 30.4 Å². The van der Waals surface area contributed by atoms with Gasteiger partial charge < -0.3 is 21.1 Å². The van der Waals surface area contributed by atoms with E-state index < -0.39 is 0 Å². The minimum atomic E-state index is -0.207. The monoisotopic (exact) mass is 272 g/mol. The maximum Gasteiger partial charge on any atom is 0.265 e. The largest absolute Gasteiger partial charge is 0.382 e. The van der Waals surface area contributed by atoms with Gasteiger partial charge >= 0.3 is 0 Å². The summed E-state index contributed by atoms with van der Waals surface area (Å²) in [4.78, 5) is 16.3. The lowest BCUT2D eigenvalue weighted by atomic mass is 10.4. The molecule has 0 spiro atoms. The number of aromatic nitrogens is 1. The first-order valence-corrected chi connectivity index (χ1v) is 6.76. The highest BCUT2D eigenvalue weighted by Crippen LogP contribution is 2.24. The Labute approximate surface area is 111 Å². The summed E-state index contributed by atoms with van der Waals surface area (Å²) in [5.41, 5.74) is 5.69. The second-order valence-electron chi connectivity index (χ2n) is 3.94. The standard InChI is InChI=1S/C11H20N4O2S/c1-4-13-11-15-9(12)8(18-11)10(16)14-5-6-17-7(2)3/h7H,4-6,12H2,1-3H3,(H,13,15)(H,14,16). The van der Waals surface area contributed by atoms with Crippen molar-refractivity contribution >= 4 is 28.2 Å². The molecule has 1 heterocycles. The summed E-state index contributed by atoms with van der Waals surface area (Å²) in [6, 6.07) is 0. The van der Waals surface area contributed by atoms with Crippen LogP contribution in [0, 0.1) is 0 Å². The highest BCUT2D eigenvalue weighted by molar-refractivity contribution is 7.18. The molecule has 1 rings (SSSR count). The van der Waals surface area contributed by atoms with Crippen molar-refractivity contribution in [3.8, 4) is 0 Å². The fraction of sp³-hybridized carbons (Fsp3) is 0.636. The Kier molecular flexibility index (Phi) is 5.87. The van der Waals surface area contributed by atoms with E-state index in [-0.39, 0.29) is 17.8 Å². The van der Waals surface area contributed by atoms with Crippen LogP contribution in [0.25, 0.3) is 0 Å². The Hall–Kier alpha value is -1.34. The van der Waals surface area contributed by atoms with Crippen molar-refractivity contribution < 1.29 is 9.53 Å². The molecule has 4 N–H and O–H groups in total. The van der Waals surface area contributed by atoms with E-state index in [2.05, 4.69) is 15.6 Å². The van der Waals surface area contributed by atoms with Crippen molar-refractivity contribution in [3.63, 3.8) is 0 Å². The highest BCUT2D eigenvalue weighted by atomic mass is 32.1. The van der Waals surface area contributed by atoms with Crippen LogP contribution in [-0.4, -0.2) is 36.7 Å².